The van der Waals surface area contributed by atoms with Gasteiger partial charge in [0, 0.05) is 12.6 Å². The number of hydrogen-bond acceptors (Lipinski definition) is 6. The van der Waals surface area contributed by atoms with E-state index >= 15 is 0 Å². The number of benzene rings is 2. The Balaban J connectivity index is 1.67. The van der Waals surface area contributed by atoms with Crippen LogP contribution in [-0.4, -0.2) is 22.2 Å². The van der Waals surface area contributed by atoms with Gasteiger partial charge in [-0.15, -0.1) is 0 Å². The average molecular weight is 350 g/mol. The van der Waals surface area contributed by atoms with Crippen LogP contribution in [-0.2, 0) is 26.1 Å². The van der Waals surface area contributed by atoms with Gasteiger partial charge in [0.1, 0.15) is 5.75 Å². The fourth-order valence-corrected chi connectivity index (χ4v) is 3.53. The SMILES string of the molecule is COc1ccc2c(c1)CN(Cc1noc(CN)n1)C(c1ccccc1)C2. The zero-order valence-electron chi connectivity index (χ0n) is 14.8. The van der Waals surface area contributed by atoms with E-state index in [1.165, 1.54) is 16.7 Å². The maximum absolute atomic E-state index is 5.59. The molecule has 0 amide bonds. The van der Waals surface area contributed by atoms with E-state index in [0.29, 0.717) is 18.3 Å². The van der Waals surface area contributed by atoms with Crippen LogP contribution in [0.1, 0.15) is 34.4 Å². The minimum atomic E-state index is 0.259. The fraction of sp³-hybridized carbons (Fsp3) is 0.300. The van der Waals surface area contributed by atoms with Crippen LogP contribution in [0.3, 0.4) is 0 Å². The Kier molecular flexibility index (Phi) is 4.69. The Morgan fingerprint density at radius 1 is 1.19 bits per heavy atom. The first-order valence-corrected chi connectivity index (χ1v) is 8.73. The lowest BCUT2D eigenvalue weighted by Crippen LogP contribution is -2.34. The van der Waals surface area contributed by atoms with Crippen LogP contribution in [0.5, 0.6) is 5.75 Å². The van der Waals surface area contributed by atoms with Crippen molar-refractivity contribution in [2.75, 3.05) is 7.11 Å². The number of fused-ring (bicyclic) bond motifs is 1. The van der Waals surface area contributed by atoms with Crippen LogP contribution in [0.15, 0.2) is 53.1 Å². The molecule has 0 bridgehead atoms. The minimum absolute atomic E-state index is 0.259. The van der Waals surface area contributed by atoms with Gasteiger partial charge < -0.3 is 15.0 Å². The molecule has 1 aromatic heterocycles. The second-order valence-electron chi connectivity index (χ2n) is 6.48. The van der Waals surface area contributed by atoms with Crippen molar-refractivity contribution in [3.8, 4) is 5.75 Å². The first kappa shape index (κ1) is 16.8. The standard InChI is InChI=1S/C20H22N4O2/c1-25-17-8-7-15-10-18(14-5-3-2-4-6-14)24(12-16(15)9-17)13-19-22-20(11-21)26-23-19/h2-9,18H,10-13,21H2,1H3. The molecule has 0 spiro atoms. The third-order valence-corrected chi connectivity index (χ3v) is 4.85. The monoisotopic (exact) mass is 350 g/mol. The lowest BCUT2D eigenvalue weighted by molar-refractivity contribution is 0.156. The lowest BCUT2D eigenvalue weighted by atomic mass is 9.89. The van der Waals surface area contributed by atoms with E-state index in [0.717, 1.165) is 18.7 Å². The molecule has 6 nitrogen and oxygen atoms in total. The van der Waals surface area contributed by atoms with Crippen molar-refractivity contribution in [2.45, 2.75) is 32.1 Å². The van der Waals surface area contributed by atoms with Crippen molar-refractivity contribution in [2.24, 2.45) is 5.73 Å². The molecule has 2 heterocycles. The third kappa shape index (κ3) is 3.34. The maximum atomic E-state index is 5.59. The molecule has 0 saturated heterocycles. The second kappa shape index (κ2) is 7.27. The molecule has 1 aliphatic rings. The van der Waals surface area contributed by atoms with Gasteiger partial charge in [0.05, 0.1) is 20.2 Å². The van der Waals surface area contributed by atoms with Crippen LogP contribution in [0.25, 0.3) is 0 Å². The molecule has 0 aliphatic carbocycles. The predicted molar refractivity (Wildman–Crippen MR) is 97.3 cm³/mol. The number of ether oxygens (including phenoxy) is 1. The summed E-state index contributed by atoms with van der Waals surface area (Å²) < 4.78 is 10.6. The van der Waals surface area contributed by atoms with Crippen molar-refractivity contribution in [3.05, 3.63) is 76.9 Å². The molecule has 1 atom stereocenters. The molecule has 6 heteroatoms. The van der Waals surface area contributed by atoms with Gasteiger partial charge in [-0.3, -0.25) is 4.90 Å². The van der Waals surface area contributed by atoms with Crippen molar-refractivity contribution >= 4 is 0 Å². The molecule has 2 aromatic carbocycles. The number of methoxy groups -OCH3 is 1. The molecule has 26 heavy (non-hydrogen) atoms. The molecule has 0 radical (unpaired) electrons. The summed E-state index contributed by atoms with van der Waals surface area (Å²) in [5.41, 5.74) is 9.50. The summed E-state index contributed by atoms with van der Waals surface area (Å²) in [4.78, 5) is 6.75. The molecule has 0 saturated carbocycles. The molecule has 3 aromatic rings. The second-order valence-corrected chi connectivity index (χ2v) is 6.48. The van der Waals surface area contributed by atoms with Crippen molar-refractivity contribution in [3.63, 3.8) is 0 Å². The quantitative estimate of drug-likeness (QED) is 0.762. The van der Waals surface area contributed by atoms with Crippen LogP contribution < -0.4 is 10.5 Å². The smallest absolute Gasteiger partial charge is 0.240 e. The predicted octanol–water partition coefficient (Wildman–Crippen LogP) is 2.84. The van der Waals surface area contributed by atoms with E-state index in [1.54, 1.807) is 7.11 Å². The number of nitrogens with zero attached hydrogens (tertiary/aromatic N) is 3. The molecule has 4 rings (SSSR count). The number of aromatic nitrogens is 2. The zero-order chi connectivity index (χ0) is 17.9. The molecule has 2 N–H and O–H groups in total. The van der Waals surface area contributed by atoms with Gasteiger partial charge in [-0.05, 0) is 35.2 Å². The summed E-state index contributed by atoms with van der Waals surface area (Å²) in [5.74, 6) is 2.01. The van der Waals surface area contributed by atoms with Gasteiger partial charge in [0.2, 0.25) is 5.89 Å². The Morgan fingerprint density at radius 3 is 2.77 bits per heavy atom. The average Bonchev–Trinajstić information content (AvgIpc) is 3.15. The topological polar surface area (TPSA) is 77.4 Å². The van der Waals surface area contributed by atoms with Crippen LogP contribution in [0, 0.1) is 0 Å². The Morgan fingerprint density at radius 2 is 2.04 bits per heavy atom. The van der Waals surface area contributed by atoms with Gasteiger partial charge >= 0.3 is 0 Å². The van der Waals surface area contributed by atoms with Gasteiger partial charge in [-0.1, -0.05) is 41.6 Å². The minimum Gasteiger partial charge on any atom is -0.497 e. The van der Waals surface area contributed by atoms with E-state index in [9.17, 15) is 0 Å². The van der Waals surface area contributed by atoms with E-state index in [2.05, 4.69) is 51.4 Å². The van der Waals surface area contributed by atoms with Crippen molar-refractivity contribution < 1.29 is 9.26 Å². The summed E-state index contributed by atoms with van der Waals surface area (Å²) in [7, 11) is 1.70. The highest BCUT2D eigenvalue weighted by Gasteiger charge is 2.28. The summed E-state index contributed by atoms with van der Waals surface area (Å²) in [6, 6.07) is 17.1. The molecule has 134 valence electrons. The maximum Gasteiger partial charge on any atom is 0.240 e. The van der Waals surface area contributed by atoms with Crippen LogP contribution in [0.2, 0.25) is 0 Å². The highest BCUT2D eigenvalue weighted by Crippen LogP contribution is 2.35. The molecule has 0 fully saturated rings. The third-order valence-electron chi connectivity index (χ3n) is 4.85. The fourth-order valence-electron chi connectivity index (χ4n) is 3.53. The number of hydrogen-bond donors (Lipinski definition) is 1. The van der Waals surface area contributed by atoms with Gasteiger partial charge in [-0.25, -0.2) is 0 Å². The summed E-state index contributed by atoms with van der Waals surface area (Å²) in [5, 5.41) is 4.07. The Labute approximate surface area is 152 Å². The zero-order valence-corrected chi connectivity index (χ0v) is 14.8. The van der Waals surface area contributed by atoms with Crippen LogP contribution >= 0.6 is 0 Å². The summed E-state index contributed by atoms with van der Waals surface area (Å²) >= 11 is 0. The van der Waals surface area contributed by atoms with Crippen molar-refractivity contribution in [1.29, 1.82) is 0 Å². The van der Waals surface area contributed by atoms with Gasteiger partial charge in [0.25, 0.3) is 0 Å². The van der Waals surface area contributed by atoms with E-state index < -0.39 is 0 Å². The van der Waals surface area contributed by atoms with Crippen LogP contribution in [0.4, 0.5) is 0 Å². The van der Waals surface area contributed by atoms with Gasteiger partial charge in [-0.2, -0.15) is 4.98 Å². The van der Waals surface area contributed by atoms with E-state index in [-0.39, 0.29) is 12.6 Å². The Hall–Kier alpha value is -2.70. The van der Waals surface area contributed by atoms with E-state index in [1.807, 2.05) is 12.1 Å². The van der Waals surface area contributed by atoms with Gasteiger partial charge in [0.15, 0.2) is 5.82 Å². The largest absolute Gasteiger partial charge is 0.497 e. The first-order chi connectivity index (χ1) is 12.8. The normalized spacial score (nSPS) is 17.1. The highest BCUT2D eigenvalue weighted by atomic mass is 16.5. The van der Waals surface area contributed by atoms with E-state index in [4.69, 9.17) is 15.0 Å². The lowest BCUT2D eigenvalue weighted by Gasteiger charge is -2.36. The highest BCUT2D eigenvalue weighted by molar-refractivity contribution is 5.39. The summed E-state index contributed by atoms with van der Waals surface area (Å²) in [6.45, 7) is 1.67. The summed E-state index contributed by atoms with van der Waals surface area (Å²) in [6.07, 6.45) is 0.935. The first-order valence-electron chi connectivity index (χ1n) is 8.73. The number of nitrogens with two attached hydrogens (primary N) is 1. The molecular formula is C20H22N4O2. The number of rotatable bonds is 5. The van der Waals surface area contributed by atoms with Crippen molar-refractivity contribution in [1.82, 2.24) is 15.0 Å². The molecule has 1 aliphatic heterocycles. The Bertz CT molecular complexity index is 879. The molecular weight excluding hydrogens is 328 g/mol. The molecule has 1 unspecified atom stereocenters.